The molecule has 1 aromatic heterocycles. The first-order valence-electron chi connectivity index (χ1n) is 7.75. The summed E-state index contributed by atoms with van der Waals surface area (Å²) in [4.78, 5) is 4.58. The summed E-state index contributed by atoms with van der Waals surface area (Å²) in [6.07, 6.45) is 9.63. The second-order valence-corrected chi connectivity index (χ2v) is 6.07. The van der Waals surface area contributed by atoms with Gasteiger partial charge < -0.3 is 11.1 Å². The van der Waals surface area contributed by atoms with E-state index in [0.29, 0.717) is 6.04 Å². The predicted octanol–water partition coefficient (Wildman–Crippen LogP) is 2.42. The number of aromatic nitrogens is 1. The molecule has 0 aromatic carbocycles. The van der Waals surface area contributed by atoms with Gasteiger partial charge in [0.2, 0.25) is 0 Å². The van der Waals surface area contributed by atoms with Crippen LogP contribution in [0.5, 0.6) is 0 Å². The maximum absolute atomic E-state index is 5.87. The standard InChI is InChI=1S/C16H25N3/c17-11-14(12-6-7-12)8-10-18-15-5-1-3-13-4-2-9-19-16(13)15/h2,4,9,12,14-15,18H,1,3,5-8,10-11,17H2. The molecule has 3 heteroatoms. The Morgan fingerprint density at radius 2 is 2.26 bits per heavy atom. The van der Waals surface area contributed by atoms with E-state index in [2.05, 4.69) is 22.4 Å². The first-order valence-corrected chi connectivity index (χ1v) is 7.75. The van der Waals surface area contributed by atoms with Crippen LogP contribution >= 0.6 is 0 Å². The topological polar surface area (TPSA) is 50.9 Å². The first-order chi connectivity index (χ1) is 9.38. The molecule has 2 aliphatic rings. The average molecular weight is 259 g/mol. The van der Waals surface area contributed by atoms with Crippen molar-refractivity contribution in [1.29, 1.82) is 0 Å². The number of nitrogens with two attached hydrogens (primary N) is 1. The highest BCUT2D eigenvalue weighted by atomic mass is 14.9. The van der Waals surface area contributed by atoms with Crippen LogP contribution in [0.25, 0.3) is 0 Å². The van der Waals surface area contributed by atoms with E-state index in [4.69, 9.17) is 5.73 Å². The van der Waals surface area contributed by atoms with Crippen LogP contribution in [0.15, 0.2) is 18.3 Å². The molecule has 1 aromatic rings. The third kappa shape index (κ3) is 3.15. The van der Waals surface area contributed by atoms with E-state index in [1.807, 2.05) is 6.20 Å². The summed E-state index contributed by atoms with van der Waals surface area (Å²) < 4.78 is 0. The zero-order valence-electron chi connectivity index (χ0n) is 11.6. The molecule has 19 heavy (non-hydrogen) atoms. The highest BCUT2D eigenvalue weighted by molar-refractivity contribution is 5.25. The van der Waals surface area contributed by atoms with Crippen LogP contribution in [0.4, 0.5) is 0 Å². The quantitative estimate of drug-likeness (QED) is 0.825. The van der Waals surface area contributed by atoms with E-state index < -0.39 is 0 Å². The molecule has 1 fully saturated rings. The molecule has 2 aliphatic carbocycles. The molecule has 0 spiro atoms. The van der Waals surface area contributed by atoms with Crippen molar-refractivity contribution in [3.8, 4) is 0 Å². The number of aryl methyl sites for hydroxylation is 1. The third-order valence-corrected chi connectivity index (χ3v) is 4.69. The lowest BCUT2D eigenvalue weighted by atomic mass is 9.91. The lowest BCUT2D eigenvalue weighted by Crippen LogP contribution is -2.29. The molecular weight excluding hydrogens is 234 g/mol. The van der Waals surface area contributed by atoms with Gasteiger partial charge in [0.15, 0.2) is 0 Å². The number of nitrogens with one attached hydrogen (secondary N) is 1. The van der Waals surface area contributed by atoms with Crippen molar-refractivity contribution in [3.63, 3.8) is 0 Å². The summed E-state index contributed by atoms with van der Waals surface area (Å²) in [6, 6.07) is 4.74. The third-order valence-electron chi connectivity index (χ3n) is 4.69. The average Bonchev–Trinajstić information content (AvgIpc) is 3.28. The van der Waals surface area contributed by atoms with Crippen LogP contribution in [-0.4, -0.2) is 18.1 Å². The summed E-state index contributed by atoms with van der Waals surface area (Å²) in [5.74, 6) is 1.66. The van der Waals surface area contributed by atoms with Gasteiger partial charge in [-0.1, -0.05) is 6.07 Å². The highest BCUT2D eigenvalue weighted by Gasteiger charge is 2.30. The summed E-state index contributed by atoms with van der Waals surface area (Å²) in [7, 11) is 0. The Balaban J connectivity index is 1.53. The van der Waals surface area contributed by atoms with Crippen LogP contribution in [0.3, 0.4) is 0 Å². The number of hydrogen-bond acceptors (Lipinski definition) is 3. The molecule has 0 amide bonds. The Kier molecular flexibility index (Phi) is 4.14. The molecule has 1 saturated carbocycles. The molecule has 0 aliphatic heterocycles. The van der Waals surface area contributed by atoms with Gasteiger partial charge in [-0.3, -0.25) is 4.98 Å². The number of pyridine rings is 1. The molecule has 3 nitrogen and oxygen atoms in total. The molecule has 0 saturated heterocycles. The molecule has 2 unspecified atom stereocenters. The number of nitrogens with zero attached hydrogens (tertiary/aromatic N) is 1. The second-order valence-electron chi connectivity index (χ2n) is 6.07. The van der Waals surface area contributed by atoms with Crippen molar-refractivity contribution >= 4 is 0 Å². The van der Waals surface area contributed by atoms with Gasteiger partial charge >= 0.3 is 0 Å². The molecule has 104 valence electrons. The van der Waals surface area contributed by atoms with E-state index in [-0.39, 0.29) is 0 Å². The minimum absolute atomic E-state index is 0.461. The number of rotatable bonds is 6. The van der Waals surface area contributed by atoms with E-state index in [1.54, 1.807) is 0 Å². The molecule has 3 rings (SSSR count). The molecule has 0 radical (unpaired) electrons. The normalized spacial score (nSPS) is 23.9. The lowest BCUT2D eigenvalue weighted by molar-refractivity contribution is 0.385. The van der Waals surface area contributed by atoms with E-state index >= 15 is 0 Å². The SMILES string of the molecule is NCC(CCNC1CCCc2cccnc21)C1CC1. The van der Waals surface area contributed by atoms with Crippen molar-refractivity contribution in [2.24, 2.45) is 17.6 Å². The maximum Gasteiger partial charge on any atom is 0.0605 e. The van der Waals surface area contributed by atoms with Gasteiger partial charge in [0.25, 0.3) is 0 Å². The zero-order valence-corrected chi connectivity index (χ0v) is 11.6. The highest BCUT2D eigenvalue weighted by Crippen LogP contribution is 2.38. The number of fused-ring (bicyclic) bond motifs is 1. The van der Waals surface area contributed by atoms with E-state index in [9.17, 15) is 0 Å². The maximum atomic E-state index is 5.87. The Labute approximate surface area is 116 Å². The minimum atomic E-state index is 0.461. The fraction of sp³-hybridized carbons (Fsp3) is 0.688. The van der Waals surface area contributed by atoms with Gasteiger partial charge in [-0.2, -0.15) is 0 Å². The summed E-state index contributed by atoms with van der Waals surface area (Å²) >= 11 is 0. The minimum Gasteiger partial charge on any atom is -0.330 e. The lowest BCUT2D eigenvalue weighted by Gasteiger charge is -2.26. The van der Waals surface area contributed by atoms with Gasteiger partial charge in [0, 0.05) is 12.2 Å². The molecule has 0 bridgehead atoms. The van der Waals surface area contributed by atoms with E-state index in [1.165, 1.54) is 49.8 Å². The fourth-order valence-electron chi connectivity index (χ4n) is 3.36. The Bertz CT molecular complexity index is 414. The van der Waals surface area contributed by atoms with Crippen LogP contribution in [-0.2, 0) is 6.42 Å². The van der Waals surface area contributed by atoms with Crippen LogP contribution in [0.2, 0.25) is 0 Å². The molecular formula is C16H25N3. The summed E-state index contributed by atoms with van der Waals surface area (Å²) in [5, 5.41) is 3.71. The fourth-order valence-corrected chi connectivity index (χ4v) is 3.36. The smallest absolute Gasteiger partial charge is 0.0605 e. The monoisotopic (exact) mass is 259 g/mol. The molecule has 2 atom stereocenters. The van der Waals surface area contributed by atoms with Crippen LogP contribution in [0.1, 0.15) is 49.4 Å². The van der Waals surface area contributed by atoms with Gasteiger partial charge in [-0.15, -0.1) is 0 Å². The number of hydrogen-bond donors (Lipinski definition) is 2. The van der Waals surface area contributed by atoms with Crippen molar-refractivity contribution in [1.82, 2.24) is 10.3 Å². The largest absolute Gasteiger partial charge is 0.330 e. The van der Waals surface area contributed by atoms with Gasteiger partial charge in [0.1, 0.15) is 0 Å². The Hall–Kier alpha value is -0.930. The van der Waals surface area contributed by atoms with Crippen molar-refractivity contribution in [3.05, 3.63) is 29.6 Å². The molecule has 1 heterocycles. The van der Waals surface area contributed by atoms with Gasteiger partial charge in [0.05, 0.1) is 5.69 Å². The summed E-state index contributed by atoms with van der Waals surface area (Å²) in [6.45, 7) is 1.94. The predicted molar refractivity (Wildman–Crippen MR) is 77.8 cm³/mol. The first kappa shape index (κ1) is 13.1. The van der Waals surface area contributed by atoms with Crippen molar-refractivity contribution in [2.45, 2.75) is 44.6 Å². The van der Waals surface area contributed by atoms with Gasteiger partial charge in [-0.25, -0.2) is 0 Å². The van der Waals surface area contributed by atoms with Crippen molar-refractivity contribution < 1.29 is 0 Å². The zero-order chi connectivity index (χ0) is 13.1. The van der Waals surface area contributed by atoms with Crippen molar-refractivity contribution in [2.75, 3.05) is 13.1 Å². The second kappa shape index (κ2) is 6.02. The van der Waals surface area contributed by atoms with Crippen LogP contribution in [0, 0.1) is 11.8 Å². The Morgan fingerprint density at radius 1 is 1.37 bits per heavy atom. The van der Waals surface area contributed by atoms with Crippen LogP contribution < -0.4 is 11.1 Å². The summed E-state index contributed by atoms with van der Waals surface area (Å²) in [5.41, 5.74) is 8.59. The van der Waals surface area contributed by atoms with Gasteiger partial charge in [-0.05, 0) is 75.1 Å². The Morgan fingerprint density at radius 3 is 3.05 bits per heavy atom. The molecule has 3 N–H and O–H groups in total. The van der Waals surface area contributed by atoms with E-state index in [0.717, 1.165) is 24.9 Å².